The van der Waals surface area contributed by atoms with Gasteiger partial charge in [0.1, 0.15) is 5.82 Å². The van der Waals surface area contributed by atoms with E-state index in [-0.39, 0.29) is 11.9 Å². The Labute approximate surface area is 137 Å². The zero-order chi connectivity index (χ0) is 16.7. The highest BCUT2D eigenvalue weighted by Gasteiger charge is 2.09. The molecule has 0 amide bonds. The predicted octanol–water partition coefficient (Wildman–Crippen LogP) is 4.13. The highest BCUT2D eigenvalue weighted by atomic mass is 19.1. The zero-order valence-corrected chi connectivity index (χ0v) is 13.9. The standard InChI is InChI=1S/C19H24FNO2/c1-4-17(15-6-8-16(20)9-7-15)21-12-11-14-5-10-18(22-2)19(13-14)23-3/h5-10,13,17,21H,4,11-12H2,1-3H3. The summed E-state index contributed by atoms with van der Waals surface area (Å²) in [4.78, 5) is 0. The van der Waals surface area contributed by atoms with E-state index >= 15 is 0 Å². The van der Waals surface area contributed by atoms with Crippen molar-refractivity contribution in [1.82, 2.24) is 5.32 Å². The first-order valence-corrected chi connectivity index (χ1v) is 7.87. The molecule has 0 fully saturated rings. The minimum absolute atomic E-state index is 0.200. The van der Waals surface area contributed by atoms with Crippen LogP contribution in [0.25, 0.3) is 0 Å². The fourth-order valence-corrected chi connectivity index (χ4v) is 2.62. The maximum absolute atomic E-state index is 13.0. The molecule has 23 heavy (non-hydrogen) atoms. The first kappa shape index (κ1) is 17.3. The number of rotatable bonds is 8. The third-order valence-electron chi connectivity index (χ3n) is 3.93. The van der Waals surface area contributed by atoms with Crippen molar-refractivity contribution in [1.29, 1.82) is 0 Å². The van der Waals surface area contributed by atoms with E-state index in [0.29, 0.717) is 0 Å². The summed E-state index contributed by atoms with van der Waals surface area (Å²) < 4.78 is 23.6. The van der Waals surface area contributed by atoms with Crippen LogP contribution >= 0.6 is 0 Å². The van der Waals surface area contributed by atoms with Gasteiger partial charge in [-0.25, -0.2) is 4.39 Å². The maximum atomic E-state index is 13.0. The summed E-state index contributed by atoms with van der Waals surface area (Å²) in [5.74, 6) is 1.28. The van der Waals surface area contributed by atoms with Gasteiger partial charge in [0.25, 0.3) is 0 Å². The second-order valence-electron chi connectivity index (χ2n) is 5.41. The average molecular weight is 317 g/mol. The van der Waals surface area contributed by atoms with Gasteiger partial charge in [-0.3, -0.25) is 0 Å². The van der Waals surface area contributed by atoms with E-state index in [1.165, 1.54) is 17.7 Å². The second-order valence-corrected chi connectivity index (χ2v) is 5.41. The van der Waals surface area contributed by atoms with Crippen LogP contribution in [0, 0.1) is 5.82 Å². The van der Waals surface area contributed by atoms with E-state index in [2.05, 4.69) is 12.2 Å². The van der Waals surface area contributed by atoms with Gasteiger partial charge in [0.15, 0.2) is 11.5 Å². The van der Waals surface area contributed by atoms with Crippen LogP contribution in [0.4, 0.5) is 4.39 Å². The highest BCUT2D eigenvalue weighted by molar-refractivity contribution is 5.42. The zero-order valence-electron chi connectivity index (χ0n) is 13.9. The Balaban J connectivity index is 1.94. The van der Waals surface area contributed by atoms with E-state index in [1.807, 2.05) is 30.3 Å². The summed E-state index contributed by atoms with van der Waals surface area (Å²) in [6.45, 7) is 2.96. The lowest BCUT2D eigenvalue weighted by atomic mass is 10.0. The first-order chi connectivity index (χ1) is 11.2. The van der Waals surface area contributed by atoms with Crippen LogP contribution in [0.5, 0.6) is 11.5 Å². The molecule has 0 radical (unpaired) electrons. The number of nitrogens with one attached hydrogen (secondary N) is 1. The molecule has 0 aliphatic heterocycles. The molecule has 1 N–H and O–H groups in total. The summed E-state index contributed by atoms with van der Waals surface area (Å²) in [5, 5.41) is 3.53. The van der Waals surface area contributed by atoms with Crippen LogP contribution < -0.4 is 14.8 Å². The molecule has 124 valence electrons. The fourth-order valence-electron chi connectivity index (χ4n) is 2.62. The number of hydrogen-bond acceptors (Lipinski definition) is 3. The molecule has 3 nitrogen and oxygen atoms in total. The van der Waals surface area contributed by atoms with Crippen LogP contribution in [0.3, 0.4) is 0 Å². The van der Waals surface area contributed by atoms with Gasteiger partial charge in [0.05, 0.1) is 14.2 Å². The van der Waals surface area contributed by atoms with E-state index in [9.17, 15) is 4.39 Å². The Hall–Kier alpha value is -2.07. The van der Waals surface area contributed by atoms with Crippen molar-refractivity contribution >= 4 is 0 Å². The Kier molecular flexibility index (Phi) is 6.41. The highest BCUT2D eigenvalue weighted by Crippen LogP contribution is 2.27. The number of methoxy groups -OCH3 is 2. The fraction of sp³-hybridized carbons (Fsp3) is 0.368. The second kappa shape index (κ2) is 8.53. The molecule has 0 bridgehead atoms. The summed E-state index contributed by atoms with van der Waals surface area (Å²) in [7, 11) is 3.27. The van der Waals surface area contributed by atoms with Gasteiger partial charge in [-0.2, -0.15) is 0 Å². The molecule has 0 heterocycles. The van der Waals surface area contributed by atoms with E-state index in [4.69, 9.17) is 9.47 Å². The van der Waals surface area contributed by atoms with Crippen LogP contribution in [-0.4, -0.2) is 20.8 Å². The number of hydrogen-bond donors (Lipinski definition) is 1. The lowest BCUT2D eigenvalue weighted by Gasteiger charge is -2.18. The van der Waals surface area contributed by atoms with Gasteiger partial charge in [0.2, 0.25) is 0 Å². The normalized spacial score (nSPS) is 12.0. The number of ether oxygens (including phenoxy) is 2. The topological polar surface area (TPSA) is 30.5 Å². The van der Waals surface area contributed by atoms with Gasteiger partial charge in [0, 0.05) is 6.04 Å². The van der Waals surface area contributed by atoms with Crippen LogP contribution in [0.15, 0.2) is 42.5 Å². The third-order valence-corrected chi connectivity index (χ3v) is 3.93. The Morgan fingerprint density at radius 3 is 2.30 bits per heavy atom. The SMILES string of the molecule is CCC(NCCc1ccc(OC)c(OC)c1)c1ccc(F)cc1. The predicted molar refractivity (Wildman–Crippen MR) is 90.7 cm³/mol. The van der Waals surface area contributed by atoms with Crippen LogP contribution in [0.2, 0.25) is 0 Å². The number of benzene rings is 2. The quantitative estimate of drug-likeness (QED) is 0.794. The van der Waals surface area contributed by atoms with Crippen molar-refractivity contribution < 1.29 is 13.9 Å². The van der Waals surface area contributed by atoms with Crippen molar-refractivity contribution in [2.24, 2.45) is 0 Å². The lowest BCUT2D eigenvalue weighted by molar-refractivity contribution is 0.354. The maximum Gasteiger partial charge on any atom is 0.160 e. The summed E-state index contributed by atoms with van der Waals surface area (Å²) in [6.07, 6.45) is 1.84. The minimum atomic E-state index is -0.200. The Morgan fingerprint density at radius 1 is 1.00 bits per heavy atom. The molecule has 1 unspecified atom stereocenters. The molecule has 2 aromatic rings. The number of halogens is 1. The molecule has 2 aromatic carbocycles. The lowest BCUT2D eigenvalue weighted by Crippen LogP contribution is -2.23. The summed E-state index contributed by atoms with van der Waals surface area (Å²) in [5.41, 5.74) is 2.30. The first-order valence-electron chi connectivity index (χ1n) is 7.87. The molecule has 0 aliphatic carbocycles. The van der Waals surface area contributed by atoms with Crippen molar-refractivity contribution in [3.05, 3.63) is 59.4 Å². The van der Waals surface area contributed by atoms with Crippen molar-refractivity contribution in [3.63, 3.8) is 0 Å². The monoisotopic (exact) mass is 317 g/mol. The van der Waals surface area contributed by atoms with Crippen molar-refractivity contribution in [2.75, 3.05) is 20.8 Å². The van der Waals surface area contributed by atoms with Crippen molar-refractivity contribution in [2.45, 2.75) is 25.8 Å². The van der Waals surface area contributed by atoms with Crippen LogP contribution in [-0.2, 0) is 6.42 Å². The Bertz CT molecular complexity index is 613. The summed E-state index contributed by atoms with van der Waals surface area (Å²) >= 11 is 0. The van der Waals surface area contributed by atoms with Crippen LogP contribution in [0.1, 0.15) is 30.5 Å². The van der Waals surface area contributed by atoms with Crippen molar-refractivity contribution in [3.8, 4) is 11.5 Å². The van der Waals surface area contributed by atoms with Gasteiger partial charge < -0.3 is 14.8 Å². The van der Waals surface area contributed by atoms with E-state index in [1.54, 1.807) is 14.2 Å². The third kappa shape index (κ3) is 4.70. The molecule has 0 saturated heterocycles. The van der Waals surface area contributed by atoms with Gasteiger partial charge in [-0.05, 0) is 54.8 Å². The van der Waals surface area contributed by atoms with E-state index in [0.717, 1.165) is 36.4 Å². The smallest absolute Gasteiger partial charge is 0.160 e. The van der Waals surface area contributed by atoms with Gasteiger partial charge >= 0.3 is 0 Å². The van der Waals surface area contributed by atoms with Gasteiger partial charge in [-0.1, -0.05) is 25.1 Å². The molecule has 0 aliphatic rings. The molecule has 0 spiro atoms. The molecule has 1 atom stereocenters. The molecule has 4 heteroatoms. The molecular formula is C19H24FNO2. The molecule has 0 saturated carbocycles. The molecule has 2 rings (SSSR count). The Morgan fingerprint density at radius 2 is 1.70 bits per heavy atom. The molecular weight excluding hydrogens is 293 g/mol. The minimum Gasteiger partial charge on any atom is -0.493 e. The largest absolute Gasteiger partial charge is 0.493 e. The van der Waals surface area contributed by atoms with E-state index < -0.39 is 0 Å². The van der Waals surface area contributed by atoms with Gasteiger partial charge in [-0.15, -0.1) is 0 Å². The average Bonchev–Trinajstić information content (AvgIpc) is 2.59. The molecule has 0 aromatic heterocycles. The summed E-state index contributed by atoms with van der Waals surface area (Å²) in [6, 6.07) is 12.9.